The molecule has 0 aliphatic carbocycles. The highest BCUT2D eigenvalue weighted by Crippen LogP contribution is 2.16. The van der Waals surface area contributed by atoms with Gasteiger partial charge in [-0.1, -0.05) is 12.1 Å². The van der Waals surface area contributed by atoms with Crippen molar-refractivity contribution in [3.8, 4) is 5.75 Å². The van der Waals surface area contributed by atoms with E-state index in [1.165, 1.54) is 19.2 Å². The molecule has 6 heteroatoms. The molecule has 0 heterocycles. The number of phenols is 1. The molecule has 0 saturated heterocycles. The van der Waals surface area contributed by atoms with Gasteiger partial charge in [-0.3, -0.25) is 4.79 Å². The van der Waals surface area contributed by atoms with Crippen LogP contribution in [0.4, 0.5) is 0 Å². The molecule has 2 N–H and O–H groups in total. The molecular weight excluding hydrogens is 238 g/mol. The molecule has 0 fully saturated rings. The van der Waals surface area contributed by atoms with E-state index in [9.17, 15) is 14.7 Å². The molecule has 18 heavy (non-hydrogen) atoms. The van der Waals surface area contributed by atoms with Gasteiger partial charge < -0.3 is 19.9 Å². The van der Waals surface area contributed by atoms with Gasteiger partial charge in [-0.15, -0.1) is 0 Å². The van der Waals surface area contributed by atoms with Crippen LogP contribution in [0.3, 0.4) is 0 Å². The van der Waals surface area contributed by atoms with Crippen molar-refractivity contribution in [3.63, 3.8) is 0 Å². The molecule has 1 aromatic rings. The third-order valence-corrected chi connectivity index (χ3v) is 2.09. The monoisotopic (exact) mass is 253 g/mol. The Labute approximate surface area is 105 Å². The van der Waals surface area contributed by atoms with Crippen LogP contribution in [0, 0.1) is 0 Å². The summed E-state index contributed by atoms with van der Waals surface area (Å²) in [5.41, 5.74) is 0.0298. The molecule has 1 amide bonds. The molecule has 0 aromatic heterocycles. The molecule has 0 saturated carbocycles. The van der Waals surface area contributed by atoms with Gasteiger partial charge in [-0.05, 0) is 12.1 Å². The minimum atomic E-state index is -0.741. The Hall–Kier alpha value is -2.08. The lowest BCUT2D eigenvalue weighted by atomic mass is 10.2. The van der Waals surface area contributed by atoms with Gasteiger partial charge >= 0.3 is 5.97 Å². The average molecular weight is 253 g/mol. The fourth-order valence-electron chi connectivity index (χ4n) is 1.20. The number of hydrogen-bond donors (Lipinski definition) is 2. The van der Waals surface area contributed by atoms with Crippen molar-refractivity contribution < 1.29 is 24.2 Å². The molecule has 1 rings (SSSR count). The average Bonchev–Trinajstić information content (AvgIpc) is 2.37. The molecule has 0 bridgehead atoms. The maximum Gasteiger partial charge on any atom is 0.342 e. The number of phenolic OH excluding ortho intramolecular Hbond substituents is 1. The van der Waals surface area contributed by atoms with Gasteiger partial charge in [0.25, 0.3) is 5.91 Å². The van der Waals surface area contributed by atoms with Crippen LogP contribution in [0.15, 0.2) is 24.3 Å². The predicted molar refractivity (Wildman–Crippen MR) is 63.3 cm³/mol. The molecule has 6 nitrogen and oxygen atoms in total. The van der Waals surface area contributed by atoms with E-state index < -0.39 is 18.5 Å². The van der Waals surface area contributed by atoms with Crippen LogP contribution in [-0.2, 0) is 14.3 Å². The Balaban J connectivity index is 2.38. The van der Waals surface area contributed by atoms with Gasteiger partial charge in [0.15, 0.2) is 6.61 Å². The Morgan fingerprint density at radius 3 is 2.72 bits per heavy atom. The quantitative estimate of drug-likeness (QED) is 0.563. The second-order valence-corrected chi connectivity index (χ2v) is 3.44. The van der Waals surface area contributed by atoms with Gasteiger partial charge in [0.1, 0.15) is 11.3 Å². The maximum absolute atomic E-state index is 11.5. The van der Waals surface area contributed by atoms with E-state index in [0.29, 0.717) is 13.2 Å². The van der Waals surface area contributed by atoms with E-state index in [4.69, 9.17) is 9.47 Å². The van der Waals surface area contributed by atoms with Crippen molar-refractivity contribution in [2.24, 2.45) is 0 Å². The Bertz CT molecular complexity index is 419. The first kappa shape index (κ1) is 14.0. The van der Waals surface area contributed by atoms with E-state index in [1.54, 1.807) is 12.1 Å². The summed E-state index contributed by atoms with van der Waals surface area (Å²) in [7, 11) is 1.52. The van der Waals surface area contributed by atoms with Gasteiger partial charge in [0.2, 0.25) is 0 Å². The van der Waals surface area contributed by atoms with Crippen molar-refractivity contribution in [1.82, 2.24) is 5.32 Å². The highest BCUT2D eigenvalue weighted by atomic mass is 16.5. The smallest absolute Gasteiger partial charge is 0.342 e. The molecule has 0 aliphatic heterocycles. The van der Waals surface area contributed by atoms with Crippen LogP contribution in [0.5, 0.6) is 5.75 Å². The third-order valence-electron chi connectivity index (χ3n) is 2.09. The predicted octanol–water partition coefficient (Wildman–Crippen LogP) is 0.312. The molecule has 0 radical (unpaired) electrons. The lowest BCUT2D eigenvalue weighted by Crippen LogP contribution is -2.31. The zero-order valence-electron chi connectivity index (χ0n) is 10.0. The lowest BCUT2D eigenvalue weighted by Gasteiger charge is -2.06. The van der Waals surface area contributed by atoms with Crippen molar-refractivity contribution in [2.75, 3.05) is 26.9 Å². The summed E-state index contributed by atoms with van der Waals surface area (Å²) in [6, 6.07) is 5.97. The second-order valence-electron chi connectivity index (χ2n) is 3.44. The number of benzene rings is 1. The standard InChI is InChI=1S/C12H15NO5/c1-17-7-6-13-11(15)8-18-12(16)9-4-2-3-5-10(9)14/h2-5,14H,6-8H2,1H3,(H,13,15). The number of hydrogen-bond acceptors (Lipinski definition) is 5. The Morgan fingerprint density at radius 2 is 2.06 bits per heavy atom. The fraction of sp³-hybridized carbons (Fsp3) is 0.333. The Morgan fingerprint density at radius 1 is 1.33 bits per heavy atom. The summed E-state index contributed by atoms with van der Waals surface area (Å²) in [4.78, 5) is 22.7. The van der Waals surface area contributed by atoms with Crippen molar-refractivity contribution >= 4 is 11.9 Å². The second kappa shape index (κ2) is 7.29. The number of aromatic hydroxyl groups is 1. The summed E-state index contributed by atoms with van der Waals surface area (Å²) >= 11 is 0. The van der Waals surface area contributed by atoms with Crippen LogP contribution in [-0.4, -0.2) is 43.9 Å². The highest BCUT2D eigenvalue weighted by Gasteiger charge is 2.13. The van der Waals surface area contributed by atoms with Crippen LogP contribution < -0.4 is 5.32 Å². The number of ether oxygens (including phenoxy) is 2. The van der Waals surface area contributed by atoms with Gasteiger partial charge in [0.05, 0.1) is 6.61 Å². The van der Waals surface area contributed by atoms with Crippen LogP contribution in [0.2, 0.25) is 0 Å². The van der Waals surface area contributed by atoms with E-state index in [0.717, 1.165) is 0 Å². The molecular formula is C12H15NO5. The zero-order chi connectivity index (χ0) is 13.4. The van der Waals surface area contributed by atoms with Crippen LogP contribution in [0.25, 0.3) is 0 Å². The van der Waals surface area contributed by atoms with Crippen molar-refractivity contribution in [1.29, 1.82) is 0 Å². The van der Waals surface area contributed by atoms with E-state index in [-0.39, 0.29) is 11.3 Å². The van der Waals surface area contributed by atoms with E-state index in [2.05, 4.69) is 5.32 Å². The largest absolute Gasteiger partial charge is 0.507 e. The van der Waals surface area contributed by atoms with Gasteiger partial charge in [0, 0.05) is 13.7 Å². The molecule has 0 aliphatic rings. The molecule has 0 atom stereocenters. The third kappa shape index (κ3) is 4.42. The molecule has 98 valence electrons. The van der Waals surface area contributed by atoms with Crippen molar-refractivity contribution in [3.05, 3.63) is 29.8 Å². The number of para-hydroxylation sites is 1. The zero-order valence-corrected chi connectivity index (χ0v) is 10.0. The molecule has 0 unspecified atom stereocenters. The van der Waals surface area contributed by atoms with E-state index in [1.807, 2.05) is 0 Å². The van der Waals surface area contributed by atoms with Crippen LogP contribution >= 0.6 is 0 Å². The maximum atomic E-state index is 11.5. The van der Waals surface area contributed by atoms with E-state index >= 15 is 0 Å². The first-order chi connectivity index (χ1) is 8.65. The topological polar surface area (TPSA) is 84.9 Å². The lowest BCUT2D eigenvalue weighted by molar-refractivity contribution is -0.124. The normalized spacial score (nSPS) is 9.83. The minimum absolute atomic E-state index is 0.0298. The van der Waals surface area contributed by atoms with Gasteiger partial charge in [-0.2, -0.15) is 0 Å². The first-order valence-corrected chi connectivity index (χ1v) is 5.36. The number of esters is 1. The SMILES string of the molecule is COCCNC(=O)COC(=O)c1ccccc1O. The minimum Gasteiger partial charge on any atom is -0.507 e. The molecule has 0 spiro atoms. The fourth-order valence-corrected chi connectivity index (χ4v) is 1.20. The molecule has 1 aromatic carbocycles. The summed E-state index contributed by atoms with van der Waals surface area (Å²) in [5.74, 6) is -1.34. The summed E-state index contributed by atoms with van der Waals surface area (Å²) < 4.78 is 9.50. The summed E-state index contributed by atoms with van der Waals surface area (Å²) in [6.45, 7) is 0.347. The van der Waals surface area contributed by atoms with Crippen LogP contribution in [0.1, 0.15) is 10.4 Å². The number of carbonyl (C=O) groups is 2. The highest BCUT2D eigenvalue weighted by molar-refractivity contribution is 5.93. The number of rotatable bonds is 6. The number of methoxy groups -OCH3 is 1. The number of nitrogens with one attached hydrogen (secondary N) is 1. The van der Waals surface area contributed by atoms with Crippen molar-refractivity contribution in [2.45, 2.75) is 0 Å². The Kier molecular flexibility index (Phi) is 5.66. The summed E-state index contributed by atoms with van der Waals surface area (Å²) in [5, 5.41) is 11.9. The number of carbonyl (C=O) groups excluding carboxylic acids is 2. The summed E-state index contributed by atoms with van der Waals surface area (Å²) in [6.07, 6.45) is 0. The van der Waals surface area contributed by atoms with Gasteiger partial charge in [-0.25, -0.2) is 4.79 Å². The first-order valence-electron chi connectivity index (χ1n) is 5.36. The number of amides is 1.